The van der Waals surface area contributed by atoms with Gasteiger partial charge in [0.15, 0.2) is 11.6 Å². The van der Waals surface area contributed by atoms with Crippen molar-refractivity contribution >= 4 is 22.6 Å². The van der Waals surface area contributed by atoms with Gasteiger partial charge in [-0.1, -0.05) is 38.3 Å². The number of halogens is 1. The van der Waals surface area contributed by atoms with Crippen molar-refractivity contribution in [2.75, 3.05) is 19.6 Å². The molecular weight excluding hydrogens is 358 g/mol. The third-order valence-electron chi connectivity index (χ3n) is 4.96. The SMILES string of the molecule is CCCCN(CCCC)CCCn1c(-c2ccco2)nc2ccc(Cl)cc21. The molecule has 0 bridgehead atoms. The van der Waals surface area contributed by atoms with Crippen LogP contribution < -0.4 is 0 Å². The quantitative estimate of drug-likeness (QED) is 0.390. The molecule has 0 unspecified atom stereocenters. The van der Waals surface area contributed by atoms with E-state index in [0.29, 0.717) is 0 Å². The molecule has 0 fully saturated rings. The molecular formula is C22H30ClN3O. The first-order valence-electron chi connectivity index (χ1n) is 10.1. The third-order valence-corrected chi connectivity index (χ3v) is 5.20. The summed E-state index contributed by atoms with van der Waals surface area (Å²) in [6.45, 7) is 8.92. The molecule has 0 N–H and O–H groups in total. The molecule has 1 aromatic carbocycles. The van der Waals surface area contributed by atoms with Crippen LogP contribution >= 0.6 is 11.6 Å². The standard InChI is InChI=1S/C22H30ClN3O/c1-3-5-12-25(13-6-4-2)14-8-15-26-20-17-18(23)10-11-19(20)24-22(26)21-9-7-16-27-21/h7,9-11,16-17H,3-6,8,12-15H2,1-2H3. The molecule has 4 nitrogen and oxygen atoms in total. The van der Waals surface area contributed by atoms with E-state index in [1.807, 2.05) is 30.3 Å². The Balaban J connectivity index is 1.76. The van der Waals surface area contributed by atoms with E-state index in [2.05, 4.69) is 23.3 Å². The summed E-state index contributed by atoms with van der Waals surface area (Å²) in [7, 11) is 0. The average Bonchev–Trinajstić information content (AvgIpc) is 3.31. The van der Waals surface area contributed by atoms with Gasteiger partial charge in [-0.05, 0) is 69.2 Å². The van der Waals surface area contributed by atoms with Gasteiger partial charge in [0.2, 0.25) is 0 Å². The number of hydrogen-bond acceptors (Lipinski definition) is 3. The second kappa shape index (κ2) is 9.95. The Kier molecular flexibility index (Phi) is 7.36. The maximum atomic E-state index is 6.25. The molecule has 27 heavy (non-hydrogen) atoms. The number of unbranched alkanes of at least 4 members (excludes halogenated alkanes) is 2. The highest BCUT2D eigenvalue weighted by Gasteiger charge is 2.15. The van der Waals surface area contributed by atoms with Gasteiger partial charge in [0.25, 0.3) is 0 Å². The molecule has 5 heteroatoms. The topological polar surface area (TPSA) is 34.2 Å². The molecule has 0 spiro atoms. The van der Waals surface area contributed by atoms with Crippen molar-refractivity contribution in [1.82, 2.24) is 14.5 Å². The zero-order chi connectivity index (χ0) is 19.1. The molecule has 3 rings (SSSR count). The third kappa shape index (κ3) is 5.14. The number of nitrogens with zero attached hydrogens (tertiary/aromatic N) is 3. The van der Waals surface area contributed by atoms with Crippen LogP contribution in [-0.2, 0) is 6.54 Å². The van der Waals surface area contributed by atoms with Crippen molar-refractivity contribution in [2.24, 2.45) is 0 Å². The highest BCUT2D eigenvalue weighted by molar-refractivity contribution is 6.31. The molecule has 0 aliphatic heterocycles. The Labute approximate surface area is 167 Å². The van der Waals surface area contributed by atoms with Gasteiger partial charge in [-0.25, -0.2) is 4.98 Å². The number of hydrogen-bond donors (Lipinski definition) is 0. The Morgan fingerprint density at radius 3 is 2.44 bits per heavy atom. The Morgan fingerprint density at radius 2 is 1.78 bits per heavy atom. The van der Waals surface area contributed by atoms with Crippen LogP contribution in [0.15, 0.2) is 41.0 Å². The number of fused-ring (bicyclic) bond motifs is 1. The van der Waals surface area contributed by atoms with E-state index < -0.39 is 0 Å². The molecule has 0 radical (unpaired) electrons. The summed E-state index contributed by atoms with van der Waals surface area (Å²) in [4.78, 5) is 7.39. The van der Waals surface area contributed by atoms with E-state index in [-0.39, 0.29) is 0 Å². The molecule has 0 saturated heterocycles. The van der Waals surface area contributed by atoms with Gasteiger partial charge in [-0.15, -0.1) is 0 Å². The van der Waals surface area contributed by atoms with Crippen LogP contribution in [-0.4, -0.2) is 34.1 Å². The van der Waals surface area contributed by atoms with Crippen LogP contribution in [0.3, 0.4) is 0 Å². The molecule has 0 saturated carbocycles. The van der Waals surface area contributed by atoms with Gasteiger partial charge in [0.05, 0.1) is 17.3 Å². The Hall–Kier alpha value is -1.78. The van der Waals surface area contributed by atoms with Crippen LogP contribution in [0.4, 0.5) is 0 Å². The van der Waals surface area contributed by atoms with Gasteiger partial charge >= 0.3 is 0 Å². The summed E-state index contributed by atoms with van der Waals surface area (Å²) in [6.07, 6.45) is 7.81. The summed E-state index contributed by atoms with van der Waals surface area (Å²) in [5, 5.41) is 0.738. The minimum Gasteiger partial charge on any atom is -0.461 e. The maximum absolute atomic E-state index is 6.25. The molecule has 2 heterocycles. The lowest BCUT2D eigenvalue weighted by Gasteiger charge is -2.22. The van der Waals surface area contributed by atoms with Gasteiger partial charge in [0.1, 0.15) is 0 Å². The first-order chi connectivity index (χ1) is 13.2. The second-order valence-electron chi connectivity index (χ2n) is 7.10. The number of rotatable bonds is 11. The minimum atomic E-state index is 0.738. The van der Waals surface area contributed by atoms with Crippen molar-refractivity contribution in [2.45, 2.75) is 52.5 Å². The van der Waals surface area contributed by atoms with Gasteiger partial charge in [-0.2, -0.15) is 0 Å². The van der Waals surface area contributed by atoms with Crippen molar-refractivity contribution < 1.29 is 4.42 Å². The van der Waals surface area contributed by atoms with Crippen LogP contribution in [0.5, 0.6) is 0 Å². The van der Waals surface area contributed by atoms with Crippen LogP contribution in [0.2, 0.25) is 5.02 Å². The lowest BCUT2D eigenvalue weighted by Crippen LogP contribution is -2.28. The highest BCUT2D eigenvalue weighted by Crippen LogP contribution is 2.27. The van der Waals surface area contributed by atoms with E-state index >= 15 is 0 Å². The first kappa shape index (κ1) is 20.0. The lowest BCUT2D eigenvalue weighted by atomic mass is 10.2. The molecule has 0 amide bonds. The second-order valence-corrected chi connectivity index (χ2v) is 7.54. The van der Waals surface area contributed by atoms with Crippen molar-refractivity contribution in [3.63, 3.8) is 0 Å². The lowest BCUT2D eigenvalue weighted by molar-refractivity contribution is 0.258. The molecule has 146 valence electrons. The number of benzene rings is 1. The summed E-state index contributed by atoms with van der Waals surface area (Å²) in [5.41, 5.74) is 2.03. The van der Waals surface area contributed by atoms with Crippen LogP contribution in [0, 0.1) is 0 Å². The van der Waals surface area contributed by atoms with E-state index in [1.165, 1.54) is 38.8 Å². The van der Waals surface area contributed by atoms with E-state index in [9.17, 15) is 0 Å². The van der Waals surface area contributed by atoms with E-state index in [0.717, 1.165) is 47.2 Å². The zero-order valence-corrected chi connectivity index (χ0v) is 17.2. The predicted octanol–water partition coefficient (Wildman–Crippen LogP) is 6.24. The fraction of sp³-hybridized carbons (Fsp3) is 0.500. The summed E-state index contributed by atoms with van der Waals surface area (Å²) < 4.78 is 7.87. The van der Waals surface area contributed by atoms with Crippen LogP contribution in [0.25, 0.3) is 22.6 Å². The zero-order valence-electron chi connectivity index (χ0n) is 16.5. The molecule has 2 aromatic heterocycles. The smallest absolute Gasteiger partial charge is 0.177 e. The summed E-state index contributed by atoms with van der Waals surface area (Å²) in [5.74, 6) is 1.68. The van der Waals surface area contributed by atoms with Crippen molar-refractivity contribution in [3.8, 4) is 11.6 Å². The number of aryl methyl sites for hydroxylation is 1. The minimum absolute atomic E-state index is 0.738. The highest BCUT2D eigenvalue weighted by atomic mass is 35.5. The van der Waals surface area contributed by atoms with Gasteiger partial charge in [-0.3, -0.25) is 0 Å². The molecule has 0 aliphatic carbocycles. The maximum Gasteiger partial charge on any atom is 0.177 e. The monoisotopic (exact) mass is 387 g/mol. The average molecular weight is 388 g/mol. The van der Waals surface area contributed by atoms with Crippen LogP contribution in [0.1, 0.15) is 46.0 Å². The van der Waals surface area contributed by atoms with Crippen molar-refractivity contribution in [1.29, 1.82) is 0 Å². The van der Waals surface area contributed by atoms with Gasteiger partial charge in [0, 0.05) is 11.6 Å². The van der Waals surface area contributed by atoms with E-state index in [1.54, 1.807) is 6.26 Å². The van der Waals surface area contributed by atoms with Gasteiger partial charge < -0.3 is 13.9 Å². The Bertz CT molecular complexity index is 818. The summed E-state index contributed by atoms with van der Waals surface area (Å²) in [6, 6.07) is 9.75. The molecule has 0 aliphatic rings. The first-order valence-corrected chi connectivity index (χ1v) is 10.5. The van der Waals surface area contributed by atoms with Crippen molar-refractivity contribution in [3.05, 3.63) is 41.6 Å². The Morgan fingerprint density at radius 1 is 1.04 bits per heavy atom. The predicted molar refractivity (Wildman–Crippen MR) is 113 cm³/mol. The summed E-state index contributed by atoms with van der Waals surface area (Å²) >= 11 is 6.25. The number of furan rings is 1. The number of aromatic nitrogens is 2. The van der Waals surface area contributed by atoms with E-state index in [4.69, 9.17) is 21.0 Å². The fourth-order valence-corrected chi connectivity index (χ4v) is 3.63. The molecule has 3 aromatic rings. The largest absolute Gasteiger partial charge is 0.461 e. The molecule has 0 atom stereocenters. The fourth-order valence-electron chi connectivity index (χ4n) is 3.47. The number of imidazole rings is 1. The normalized spacial score (nSPS) is 11.7.